The minimum Gasteiger partial charge on any atom is -0.497 e. The van der Waals surface area contributed by atoms with Crippen molar-refractivity contribution in [3.05, 3.63) is 126 Å². The van der Waals surface area contributed by atoms with Gasteiger partial charge in [-0.05, 0) is 90.8 Å². The second-order valence-electron chi connectivity index (χ2n) is 25.5. The number of benzene rings is 1. The zero-order valence-corrected chi connectivity index (χ0v) is 59.7. The second kappa shape index (κ2) is 37.9. The molecule has 0 aliphatic carbocycles. The second-order valence-corrected chi connectivity index (χ2v) is 26.8. The van der Waals surface area contributed by atoms with Crippen molar-refractivity contribution < 1.29 is 38.0 Å². The first kappa shape index (κ1) is 79.7. The molecule has 12 rings (SSSR count). The smallest absolute Gasteiger partial charge is 0.272 e. The number of aromatic amines is 1. The summed E-state index contributed by atoms with van der Waals surface area (Å²) in [6.45, 7) is 17.8. The number of aromatic nitrogens is 10. The van der Waals surface area contributed by atoms with Crippen LogP contribution >= 0.6 is 47.2 Å². The normalized spacial score (nSPS) is 19.9. The minimum atomic E-state index is -0.450. The highest BCUT2D eigenvalue weighted by molar-refractivity contribution is 6.30. The average molecular weight is 1470 g/mol. The predicted octanol–water partition coefficient (Wildman–Crippen LogP) is 7.02. The number of H-pyrrole nitrogens is 1. The molecular formula is C67H94Cl4FN19O9. The number of piperidine rings is 3. The number of nitrogens with one attached hydrogen (secondary N) is 3. The molecule has 1 aromatic carbocycles. The van der Waals surface area contributed by atoms with Gasteiger partial charge in [-0.15, -0.1) is 12.4 Å². The lowest BCUT2D eigenvalue weighted by Gasteiger charge is -2.36. The SMILES string of the molecule is C.COc1ccc(Cn2ncc(N[C@@H](C)CO[C@@H]3CCN(C4CCN(c5ncc(Cl)cn5)CC4)C3=O)c(C)c2=O)cc1.C[C@H](N)CO[C@@H]1CCN(C2CCN(c3ncc(Cl)cn3)CC2)C1=O.Cc1c(N[C@@H](C)CO[C@@H]2CCN(C3CCN(c4ncc(Cl)cn4)CC3)C2=O)cn[nH]c1=O.Cl.F. The van der Waals surface area contributed by atoms with Gasteiger partial charge in [0, 0.05) is 126 Å². The van der Waals surface area contributed by atoms with Gasteiger partial charge >= 0.3 is 0 Å². The summed E-state index contributed by atoms with van der Waals surface area (Å²) in [6.07, 6.45) is 19.1. The number of ether oxygens (including phenoxy) is 4. The quantitative estimate of drug-likeness (QED) is 0.0530. The third-order valence-corrected chi connectivity index (χ3v) is 18.9. The van der Waals surface area contributed by atoms with Crippen LogP contribution in [0.3, 0.4) is 0 Å². The van der Waals surface area contributed by atoms with Gasteiger partial charge in [-0.1, -0.05) is 54.4 Å². The Morgan fingerprint density at radius 2 is 0.890 bits per heavy atom. The van der Waals surface area contributed by atoms with Crippen molar-refractivity contribution in [1.82, 2.24) is 64.6 Å². The monoisotopic (exact) mass is 1470 g/mol. The minimum absolute atomic E-state index is 0. The van der Waals surface area contributed by atoms with E-state index in [-0.39, 0.29) is 95.7 Å². The van der Waals surface area contributed by atoms with Gasteiger partial charge in [-0.3, -0.25) is 28.7 Å². The van der Waals surface area contributed by atoms with Gasteiger partial charge in [0.25, 0.3) is 28.8 Å². The Morgan fingerprint density at radius 3 is 1.25 bits per heavy atom. The third-order valence-electron chi connectivity index (χ3n) is 18.3. The van der Waals surface area contributed by atoms with Crippen molar-refractivity contribution in [3.63, 3.8) is 0 Å². The molecule has 3 amide bonds. The van der Waals surface area contributed by atoms with Crippen LogP contribution in [0.25, 0.3) is 0 Å². The number of carbonyl (C=O) groups excluding carboxylic acids is 3. The summed E-state index contributed by atoms with van der Waals surface area (Å²) in [5.41, 5.74) is 8.76. The lowest BCUT2D eigenvalue weighted by Crippen LogP contribution is -2.47. The van der Waals surface area contributed by atoms with Gasteiger partial charge in [0.2, 0.25) is 17.8 Å². The number of amides is 3. The molecule has 33 heteroatoms. The van der Waals surface area contributed by atoms with Gasteiger partial charge in [-0.25, -0.2) is 39.7 Å². The van der Waals surface area contributed by atoms with E-state index in [1.165, 1.54) is 4.68 Å². The number of rotatable bonds is 22. The van der Waals surface area contributed by atoms with Crippen molar-refractivity contribution in [3.8, 4) is 5.75 Å². The summed E-state index contributed by atoms with van der Waals surface area (Å²) in [5.74, 6) is 3.03. The number of nitrogens with two attached hydrogens (primary N) is 1. The number of methoxy groups -OCH3 is 1. The first-order chi connectivity index (χ1) is 46.8. The van der Waals surface area contributed by atoms with E-state index in [0.717, 1.165) is 102 Å². The number of carbonyl (C=O) groups is 3. The number of likely N-dealkylation sites (tertiary alicyclic amines) is 3. The van der Waals surface area contributed by atoms with E-state index < -0.39 is 12.2 Å². The Morgan fingerprint density at radius 1 is 0.530 bits per heavy atom. The fourth-order valence-corrected chi connectivity index (χ4v) is 13.2. The van der Waals surface area contributed by atoms with E-state index in [4.69, 9.17) is 59.5 Å². The number of halogens is 5. The molecule has 6 fully saturated rings. The maximum absolute atomic E-state index is 13.2. The molecule has 5 aromatic heterocycles. The van der Waals surface area contributed by atoms with Gasteiger partial charge < -0.3 is 64.7 Å². The van der Waals surface area contributed by atoms with Crippen LogP contribution in [0.2, 0.25) is 15.1 Å². The van der Waals surface area contributed by atoms with Crippen molar-refractivity contribution >= 4 is 94.2 Å². The van der Waals surface area contributed by atoms with Crippen LogP contribution in [0.5, 0.6) is 5.75 Å². The molecule has 0 radical (unpaired) electrons. The Balaban J connectivity index is 0.000000215. The van der Waals surface area contributed by atoms with E-state index in [0.29, 0.717) is 108 Å². The number of hydrogen-bond donors (Lipinski definition) is 4. The van der Waals surface area contributed by atoms with Crippen LogP contribution in [0.1, 0.15) is 103 Å². The summed E-state index contributed by atoms with van der Waals surface area (Å²) in [6, 6.07) is 7.99. The third kappa shape index (κ3) is 21.0. The maximum atomic E-state index is 13.2. The maximum Gasteiger partial charge on any atom is 0.272 e. The van der Waals surface area contributed by atoms with E-state index in [9.17, 15) is 24.0 Å². The zero-order chi connectivity index (χ0) is 68.7. The average Bonchev–Trinajstić information content (AvgIpc) is 1.63. The highest BCUT2D eigenvalue weighted by Gasteiger charge is 2.41. The lowest BCUT2D eigenvalue weighted by atomic mass is 10.0. The first-order valence-corrected chi connectivity index (χ1v) is 34.4. The summed E-state index contributed by atoms with van der Waals surface area (Å²) in [4.78, 5) is 101. The zero-order valence-electron chi connectivity index (χ0n) is 56.6. The summed E-state index contributed by atoms with van der Waals surface area (Å²) in [7, 11) is 1.62. The molecule has 6 atom stereocenters. The Hall–Kier alpha value is -7.64. The number of anilines is 5. The first-order valence-electron chi connectivity index (χ1n) is 33.2. The van der Waals surface area contributed by atoms with Crippen LogP contribution in [0, 0.1) is 13.8 Å². The standard InChI is InChI=1S/C29H36ClN7O4.C21H28ClN7O3.C16H24ClN5O2.CH4.ClH.FH/c1-19(34-25-16-33-37(27(38)20(25)2)17-21-4-6-24(40-3)7-5-21)18-41-26-10-13-36(28(26)39)23-8-11-35(12-9-23)29-31-14-22(30)15-32-29;1-13(26-17-11-25-27-19(30)14(17)2)12-32-18-5-8-29(20(18)31)16-3-6-28(7-4-16)21-23-9-15(22)10-24-21;1-11(18)10-24-14-4-7-22(15(14)23)13-2-5-21(6-3-13)16-19-8-12(17)9-20-16;;;/h4-7,14-16,19,23,26,34H,8-13,17-18H2,1-3H3;9-11,13,16,18H,3-8,12H2,1-2H3,(H2,26,27,30);8-9,11,13-14H,2-7,10,18H2,1H3;1H4;2*1H/t19-,26+;13-,18+;11-,14+;;;/m000.../s1. The molecule has 6 aliphatic heterocycles. The Bertz CT molecular complexity index is 3680. The van der Waals surface area contributed by atoms with E-state index in [1.54, 1.807) is 70.5 Å². The fourth-order valence-electron chi connectivity index (χ4n) is 12.9. The van der Waals surface area contributed by atoms with E-state index in [1.807, 2.05) is 59.7 Å². The summed E-state index contributed by atoms with van der Waals surface area (Å²) >= 11 is 17.6. The topological polar surface area (TPSA) is 316 Å². The van der Waals surface area contributed by atoms with E-state index in [2.05, 4.69) is 70.5 Å². The lowest BCUT2D eigenvalue weighted by molar-refractivity contribution is -0.140. The fraction of sp³-hybridized carbons (Fsp3) is 0.567. The molecule has 546 valence electrons. The van der Waals surface area contributed by atoms with Crippen LogP contribution in [-0.2, 0) is 35.1 Å². The number of nitrogens with zero attached hydrogens (tertiary/aromatic N) is 15. The molecule has 6 aromatic rings. The molecule has 6 aliphatic rings. The molecule has 28 nitrogen and oxygen atoms in total. The van der Waals surface area contributed by atoms with Gasteiger partial charge in [-0.2, -0.15) is 10.2 Å². The largest absolute Gasteiger partial charge is 0.497 e. The van der Waals surface area contributed by atoms with Gasteiger partial charge in [0.1, 0.15) is 24.1 Å². The molecule has 11 heterocycles. The highest BCUT2D eigenvalue weighted by atomic mass is 35.5. The highest BCUT2D eigenvalue weighted by Crippen LogP contribution is 2.30. The molecule has 0 unspecified atom stereocenters. The molecule has 0 bridgehead atoms. The molecule has 100 heavy (non-hydrogen) atoms. The molecule has 0 spiro atoms. The van der Waals surface area contributed by atoms with Crippen molar-refractivity contribution in [1.29, 1.82) is 0 Å². The molecule has 6 saturated heterocycles. The van der Waals surface area contributed by atoms with Crippen LogP contribution in [-0.4, -0.2) is 223 Å². The van der Waals surface area contributed by atoms with Gasteiger partial charge in [0.15, 0.2) is 0 Å². The van der Waals surface area contributed by atoms with Crippen molar-refractivity contribution in [2.45, 2.75) is 161 Å². The molecule has 5 N–H and O–H groups in total. The van der Waals surface area contributed by atoms with Crippen LogP contribution in [0.15, 0.2) is 83.4 Å². The van der Waals surface area contributed by atoms with E-state index >= 15 is 0 Å². The predicted molar refractivity (Wildman–Crippen MR) is 386 cm³/mol. The van der Waals surface area contributed by atoms with Crippen LogP contribution in [0.4, 0.5) is 33.9 Å². The molecular weight excluding hydrogens is 1380 g/mol. The summed E-state index contributed by atoms with van der Waals surface area (Å²) in [5, 5.41) is 18.7. The summed E-state index contributed by atoms with van der Waals surface area (Å²) < 4.78 is 24.3. The Labute approximate surface area is 603 Å². The van der Waals surface area contributed by atoms with Gasteiger partial charge in [0.05, 0.1) is 109 Å². The van der Waals surface area contributed by atoms with Crippen LogP contribution < -0.4 is 46.9 Å². The number of hydrogen-bond acceptors (Lipinski definition) is 23. The Kier molecular flexibility index (Phi) is 30.2. The van der Waals surface area contributed by atoms with Crippen molar-refractivity contribution in [2.75, 3.05) is 111 Å². The molecule has 0 saturated carbocycles. The van der Waals surface area contributed by atoms with Crippen molar-refractivity contribution in [2.24, 2.45) is 5.73 Å².